The number of allylic oxidation sites excluding steroid dienone is 4. The molecule has 6 aliphatic carbocycles. The monoisotopic (exact) mass is 754 g/mol. The quantitative estimate of drug-likeness (QED) is 0.314. The van der Waals surface area contributed by atoms with Gasteiger partial charge in [0.05, 0.1) is 0 Å². The van der Waals surface area contributed by atoms with Crippen LogP contribution in [0, 0.1) is 29.1 Å². The van der Waals surface area contributed by atoms with Crippen molar-refractivity contribution in [3.63, 3.8) is 0 Å². The van der Waals surface area contributed by atoms with Crippen molar-refractivity contribution < 1.29 is 46.1 Å². The summed E-state index contributed by atoms with van der Waals surface area (Å²) in [5, 5.41) is 0. The molecule has 48 heavy (non-hydrogen) atoms. The van der Waals surface area contributed by atoms with Gasteiger partial charge < -0.3 is 24.8 Å². The molecule has 9 rings (SSSR count). The fourth-order valence-electron chi connectivity index (χ4n) is 10.7. The van der Waals surface area contributed by atoms with Crippen LogP contribution in [0.25, 0.3) is 11.1 Å². The fourth-order valence-corrected chi connectivity index (χ4v) is 19.7. The Labute approximate surface area is 311 Å². The Hall–Kier alpha value is -1.53. The third-order valence-corrected chi connectivity index (χ3v) is 20.6. The van der Waals surface area contributed by atoms with Crippen LogP contribution in [0.3, 0.4) is 0 Å². The molecule has 0 amide bonds. The Kier molecular flexibility index (Phi) is 9.99. The SMILES string of the molecule is CC1C=CC(C23CC4CC(CC(C4)C2)C3)=[C]1/[Zr+2](=[CH]/Cc1ccccc1)[CH]1c2cc(C(C)(C)C)ccc2-c2ccc(C(C)(C)C)cc21.[Cl-].[Cl-]. The van der Waals surface area contributed by atoms with E-state index in [1.165, 1.54) is 66.3 Å². The van der Waals surface area contributed by atoms with Crippen LogP contribution in [0.2, 0.25) is 0 Å². The fraction of sp³-hybridized carbons (Fsp3) is 0.489. The van der Waals surface area contributed by atoms with Gasteiger partial charge in [-0.3, -0.25) is 0 Å². The molecule has 0 nitrogen and oxygen atoms in total. The van der Waals surface area contributed by atoms with E-state index < -0.39 is 21.3 Å². The molecule has 0 saturated heterocycles. The summed E-state index contributed by atoms with van der Waals surface area (Å²) in [5.74, 6) is 3.48. The zero-order valence-electron chi connectivity index (χ0n) is 30.2. The molecule has 1 atom stereocenters. The van der Waals surface area contributed by atoms with E-state index >= 15 is 0 Å². The average molecular weight is 757 g/mol. The Morgan fingerprint density at radius 3 is 1.69 bits per heavy atom. The standard InChI is InChI=1S/C21H25.C16H21.C8H8.2ClH.Zr/c1-20(2,3)16-7-9-18-14(12-16)11-15-13-17(21(4,5)6)8-10-19(15)18;1-11-2-3-15(4-11)16-8-12-5-13(9-16)7-14(6-12)10-16;1-2-8-6-4-3-5-7-8;;;/h7-13H,1-6H3;2-3,11-14H,5-10H2,1H3;1,3-7H,2H2;2*1H;/q;;;;;+2/p-2. The van der Waals surface area contributed by atoms with Crippen molar-refractivity contribution >= 4 is 3.71 Å². The van der Waals surface area contributed by atoms with Crippen LogP contribution in [0.1, 0.15) is 118 Å². The molecule has 3 aromatic carbocycles. The minimum Gasteiger partial charge on any atom is -1.00 e. The molecule has 0 aromatic heterocycles. The molecule has 3 heteroatoms. The van der Waals surface area contributed by atoms with Gasteiger partial charge in [0.25, 0.3) is 0 Å². The summed E-state index contributed by atoms with van der Waals surface area (Å²) in [5.41, 5.74) is 13.3. The molecule has 4 bridgehead atoms. The van der Waals surface area contributed by atoms with E-state index in [4.69, 9.17) is 0 Å². The number of hydrogen-bond acceptors (Lipinski definition) is 0. The molecular formula is C45H54Cl2Zr. The summed E-state index contributed by atoms with van der Waals surface area (Å²) in [6.07, 6.45) is 15.4. The predicted octanol–water partition coefficient (Wildman–Crippen LogP) is 5.70. The maximum absolute atomic E-state index is 2.95. The third-order valence-electron chi connectivity index (χ3n) is 12.7. The summed E-state index contributed by atoms with van der Waals surface area (Å²) in [6.45, 7) is 16.9. The normalized spacial score (nSPS) is 27.1. The van der Waals surface area contributed by atoms with Gasteiger partial charge >= 0.3 is 289 Å². The molecule has 0 radical (unpaired) electrons. The maximum Gasteiger partial charge on any atom is -1.00 e. The molecule has 0 heterocycles. The van der Waals surface area contributed by atoms with E-state index in [1.54, 1.807) is 11.1 Å². The first-order valence-corrected chi connectivity index (χ1v) is 22.4. The number of fused-ring (bicyclic) bond motifs is 3. The minimum atomic E-state index is -2.54. The van der Waals surface area contributed by atoms with Crippen molar-refractivity contribution in [3.05, 3.63) is 116 Å². The molecule has 1 unspecified atom stereocenters. The summed E-state index contributed by atoms with van der Waals surface area (Å²) < 4.78 is 5.43. The smallest absolute Gasteiger partial charge is 1.00 e. The molecule has 0 N–H and O–H groups in total. The van der Waals surface area contributed by atoms with Gasteiger partial charge in [-0.25, -0.2) is 0 Å². The first-order chi connectivity index (χ1) is 21.9. The van der Waals surface area contributed by atoms with Crippen LogP contribution in [0.5, 0.6) is 0 Å². The van der Waals surface area contributed by atoms with Gasteiger partial charge in [0.1, 0.15) is 0 Å². The van der Waals surface area contributed by atoms with Gasteiger partial charge in [-0.1, -0.05) is 0 Å². The zero-order valence-corrected chi connectivity index (χ0v) is 34.1. The van der Waals surface area contributed by atoms with Gasteiger partial charge in [0.15, 0.2) is 0 Å². The zero-order chi connectivity index (χ0) is 32.0. The van der Waals surface area contributed by atoms with Gasteiger partial charge in [-0.05, 0) is 0 Å². The molecular weight excluding hydrogens is 703 g/mol. The van der Waals surface area contributed by atoms with Crippen molar-refractivity contribution in [3.8, 4) is 11.1 Å². The molecule has 3 aromatic rings. The second kappa shape index (κ2) is 13.2. The average Bonchev–Trinajstić information content (AvgIpc) is 3.54. The molecule has 6 aliphatic rings. The Bertz CT molecular complexity index is 1680. The first kappa shape index (κ1) is 36.3. The van der Waals surface area contributed by atoms with Crippen LogP contribution in [-0.4, -0.2) is 3.71 Å². The summed E-state index contributed by atoms with van der Waals surface area (Å²) in [6, 6.07) is 26.5. The van der Waals surface area contributed by atoms with Crippen molar-refractivity contribution in [2.24, 2.45) is 29.1 Å². The van der Waals surface area contributed by atoms with E-state index in [9.17, 15) is 0 Å². The van der Waals surface area contributed by atoms with E-state index in [-0.39, 0.29) is 35.6 Å². The van der Waals surface area contributed by atoms with Gasteiger partial charge in [-0.2, -0.15) is 0 Å². The molecule has 0 spiro atoms. The third kappa shape index (κ3) is 6.30. The van der Waals surface area contributed by atoms with Crippen molar-refractivity contribution in [2.75, 3.05) is 0 Å². The summed E-state index contributed by atoms with van der Waals surface area (Å²) in [7, 11) is 0. The van der Waals surface area contributed by atoms with Gasteiger partial charge in [-0.15, -0.1) is 0 Å². The number of benzene rings is 3. The number of hydrogen-bond donors (Lipinski definition) is 0. The van der Waals surface area contributed by atoms with Gasteiger partial charge in [0.2, 0.25) is 0 Å². The second-order valence-electron chi connectivity index (χ2n) is 18.1. The Morgan fingerprint density at radius 2 is 1.21 bits per heavy atom. The Morgan fingerprint density at radius 1 is 0.708 bits per heavy atom. The van der Waals surface area contributed by atoms with Crippen LogP contribution in [0.15, 0.2) is 87.7 Å². The van der Waals surface area contributed by atoms with Crippen LogP contribution >= 0.6 is 0 Å². The summed E-state index contributed by atoms with van der Waals surface area (Å²) >= 11 is -2.54. The maximum atomic E-state index is 2.95. The first-order valence-electron chi connectivity index (χ1n) is 18.4. The van der Waals surface area contributed by atoms with E-state index in [0.29, 0.717) is 15.0 Å². The number of halogens is 2. The van der Waals surface area contributed by atoms with Crippen molar-refractivity contribution in [1.29, 1.82) is 0 Å². The van der Waals surface area contributed by atoms with Crippen LogP contribution in [-0.2, 0) is 38.5 Å². The van der Waals surface area contributed by atoms with Crippen molar-refractivity contribution in [2.45, 2.75) is 108 Å². The molecule has 4 fully saturated rings. The van der Waals surface area contributed by atoms with E-state index in [1.807, 2.05) is 8.85 Å². The van der Waals surface area contributed by atoms with Crippen molar-refractivity contribution in [1.82, 2.24) is 0 Å². The van der Waals surface area contributed by atoms with Gasteiger partial charge in [0, 0.05) is 0 Å². The van der Waals surface area contributed by atoms with Crippen LogP contribution < -0.4 is 24.8 Å². The molecule has 252 valence electrons. The molecule has 4 saturated carbocycles. The van der Waals surface area contributed by atoms with E-state index in [2.05, 4.69) is 131 Å². The topological polar surface area (TPSA) is 0 Å². The Balaban J connectivity index is 0.00000201. The van der Waals surface area contributed by atoms with E-state index in [0.717, 1.165) is 24.2 Å². The largest absolute Gasteiger partial charge is 1.00 e. The minimum absolute atomic E-state index is 0. The second-order valence-corrected chi connectivity index (χ2v) is 24.0. The molecule has 0 aliphatic heterocycles. The summed E-state index contributed by atoms with van der Waals surface area (Å²) in [4.78, 5) is 0. The van der Waals surface area contributed by atoms with Crippen LogP contribution in [0.4, 0.5) is 0 Å². The predicted molar refractivity (Wildman–Crippen MR) is 193 cm³/mol. The number of rotatable bonds is 5.